The van der Waals surface area contributed by atoms with Crippen LogP contribution < -0.4 is 10.2 Å². The predicted octanol–water partition coefficient (Wildman–Crippen LogP) is 3.47. The zero-order valence-corrected chi connectivity index (χ0v) is 15.7. The first-order valence-electron chi connectivity index (χ1n) is 9.34. The van der Waals surface area contributed by atoms with E-state index in [-0.39, 0.29) is 12.6 Å². The van der Waals surface area contributed by atoms with E-state index in [0.717, 1.165) is 37.3 Å². The fraction of sp³-hybridized carbons (Fsp3) is 0.421. The molecule has 2 aromatic rings. The van der Waals surface area contributed by atoms with Crippen LogP contribution in [0.4, 0.5) is 10.6 Å². The Hall–Kier alpha value is -3.23. The first-order chi connectivity index (χ1) is 13.7. The van der Waals surface area contributed by atoms with Crippen molar-refractivity contribution in [3.8, 4) is 11.5 Å². The quantitative estimate of drug-likeness (QED) is 0.849. The van der Waals surface area contributed by atoms with Gasteiger partial charge in [0, 0.05) is 25.5 Å². The minimum atomic E-state index is -0.507. The van der Waals surface area contributed by atoms with Crippen molar-refractivity contribution in [2.24, 2.45) is 10.2 Å². The third-order valence-corrected chi connectivity index (χ3v) is 4.73. The largest absolute Gasteiger partial charge is 0.453 e. The van der Waals surface area contributed by atoms with Gasteiger partial charge in [-0.05, 0) is 37.5 Å². The fourth-order valence-corrected chi connectivity index (χ4v) is 3.30. The summed E-state index contributed by atoms with van der Waals surface area (Å²) in [4.78, 5) is 22.4. The van der Waals surface area contributed by atoms with Crippen LogP contribution in [0.25, 0.3) is 11.5 Å². The summed E-state index contributed by atoms with van der Waals surface area (Å²) in [5.41, 5.74) is 1.47. The lowest BCUT2D eigenvalue weighted by Crippen LogP contribution is -2.30. The highest BCUT2D eigenvalue weighted by molar-refractivity contribution is 5.67. The molecule has 1 atom stereocenters. The zero-order valence-electron chi connectivity index (χ0n) is 15.7. The van der Waals surface area contributed by atoms with E-state index in [1.54, 1.807) is 12.4 Å². The van der Waals surface area contributed by atoms with Gasteiger partial charge < -0.3 is 19.4 Å². The van der Waals surface area contributed by atoms with Crippen molar-refractivity contribution in [1.82, 2.24) is 15.3 Å². The number of oxazole rings is 1. The molecule has 1 saturated heterocycles. The number of carbonyl (C=O) groups is 1. The molecule has 0 bridgehead atoms. The number of piperidine rings is 1. The third-order valence-electron chi connectivity index (χ3n) is 4.73. The number of hydrogen-bond donors (Lipinski definition) is 1. The highest BCUT2D eigenvalue weighted by atomic mass is 16.5. The number of carbonyl (C=O) groups excluding carboxylic acids is 1. The van der Waals surface area contributed by atoms with Crippen LogP contribution in [0, 0.1) is 0 Å². The number of amides is 1. The molecule has 2 aromatic heterocycles. The standard InChI is InChI=1S/C19H22N6O3/c1-27-19(26)21-12-14-10-15(24-23-14)16-17(25-8-3-2-4-9-25)22-18(28-16)13-6-5-7-20-11-13/h5-7,10-11,15H,2-4,8-9,12H2,1H3,(H,21,26). The molecule has 4 rings (SSSR count). The molecule has 2 aliphatic rings. The molecule has 0 spiro atoms. The lowest BCUT2D eigenvalue weighted by Gasteiger charge is -2.27. The smallest absolute Gasteiger partial charge is 0.407 e. The Labute approximate surface area is 162 Å². The summed E-state index contributed by atoms with van der Waals surface area (Å²) in [5.74, 6) is 1.99. The molecule has 1 unspecified atom stereocenters. The molecular weight excluding hydrogens is 360 g/mol. The van der Waals surface area contributed by atoms with Crippen molar-refractivity contribution in [3.05, 3.63) is 42.1 Å². The fourth-order valence-electron chi connectivity index (χ4n) is 3.30. The number of rotatable bonds is 5. The Kier molecular flexibility index (Phi) is 5.31. The summed E-state index contributed by atoms with van der Waals surface area (Å²) in [6.07, 6.45) is 8.30. The molecule has 9 nitrogen and oxygen atoms in total. The Morgan fingerprint density at radius 1 is 1.36 bits per heavy atom. The van der Waals surface area contributed by atoms with Gasteiger partial charge in [-0.15, -0.1) is 0 Å². The minimum absolute atomic E-state index is 0.245. The summed E-state index contributed by atoms with van der Waals surface area (Å²) in [6, 6.07) is 3.40. The number of pyridine rings is 1. The molecule has 4 heterocycles. The Morgan fingerprint density at radius 2 is 2.21 bits per heavy atom. The second kappa shape index (κ2) is 8.20. The molecule has 0 aliphatic carbocycles. The molecule has 1 N–H and O–H groups in total. The summed E-state index contributed by atoms with van der Waals surface area (Å²) in [7, 11) is 1.32. The number of nitrogens with zero attached hydrogens (tertiary/aromatic N) is 5. The summed E-state index contributed by atoms with van der Waals surface area (Å²) in [6.45, 7) is 2.13. The van der Waals surface area contributed by atoms with Gasteiger partial charge in [0.2, 0.25) is 5.89 Å². The van der Waals surface area contributed by atoms with Crippen molar-refractivity contribution >= 4 is 11.9 Å². The lowest BCUT2D eigenvalue weighted by molar-refractivity contribution is 0.172. The molecular formula is C19H22N6O3. The molecule has 9 heteroatoms. The van der Waals surface area contributed by atoms with Gasteiger partial charge in [0.05, 0.1) is 24.9 Å². The molecule has 2 aliphatic heterocycles. The number of azo groups is 1. The molecule has 28 heavy (non-hydrogen) atoms. The van der Waals surface area contributed by atoms with Crippen LogP contribution in [0.3, 0.4) is 0 Å². The van der Waals surface area contributed by atoms with Crippen LogP contribution in [0.5, 0.6) is 0 Å². The van der Waals surface area contributed by atoms with E-state index in [1.807, 2.05) is 18.2 Å². The van der Waals surface area contributed by atoms with Crippen molar-refractivity contribution in [3.63, 3.8) is 0 Å². The number of ether oxygens (including phenoxy) is 1. The van der Waals surface area contributed by atoms with Crippen molar-refractivity contribution < 1.29 is 13.9 Å². The zero-order chi connectivity index (χ0) is 19.3. The van der Waals surface area contributed by atoms with Crippen molar-refractivity contribution in [2.45, 2.75) is 25.3 Å². The second-order valence-electron chi connectivity index (χ2n) is 6.66. The van der Waals surface area contributed by atoms with E-state index < -0.39 is 6.09 Å². The summed E-state index contributed by atoms with van der Waals surface area (Å²) < 4.78 is 10.7. The van der Waals surface area contributed by atoms with Crippen molar-refractivity contribution in [1.29, 1.82) is 0 Å². The van der Waals surface area contributed by atoms with Crippen LogP contribution in [0.2, 0.25) is 0 Å². The highest BCUT2D eigenvalue weighted by Gasteiger charge is 2.29. The lowest BCUT2D eigenvalue weighted by atomic mass is 10.1. The highest BCUT2D eigenvalue weighted by Crippen LogP contribution is 2.37. The average molecular weight is 382 g/mol. The van der Waals surface area contributed by atoms with E-state index in [4.69, 9.17) is 9.40 Å². The van der Waals surface area contributed by atoms with E-state index in [9.17, 15) is 4.79 Å². The van der Waals surface area contributed by atoms with Crippen LogP contribution >= 0.6 is 0 Å². The van der Waals surface area contributed by atoms with E-state index in [2.05, 4.69) is 30.2 Å². The minimum Gasteiger partial charge on any atom is -0.453 e. The van der Waals surface area contributed by atoms with Crippen LogP contribution in [0.15, 0.2) is 50.9 Å². The number of methoxy groups -OCH3 is 1. The molecule has 0 aromatic carbocycles. The Balaban J connectivity index is 1.62. The van der Waals surface area contributed by atoms with E-state index in [0.29, 0.717) is 17.3 Å². The number of alkyl carbamates (subject to hydrolysis) is 1. The van der Waals surface area contributed by atoms with Crippen LogP contribution in [0.1, 0.15) is 31.1 Å². The SMILES string of the molecule is COC(=O)NCC1=CC(c2oc(-c3cccnc3)nc2N2CCCCC2)N=N1. The van der Waals surface area contributed by atoms with Gasteiger partial charge in [-0.2, -0.15) is 15.2 Å². The molecule has 146 valence electrons. The maximum atomic E-state index is 11.3. The van der Waals surface area contributed by atoms with Gasteiger partial charge in [0.1, 0.15) is 0 Å². The maximum Gasteiger partial charge on any atom is 0.407 e. The average Bonchev–Trinajstić information content (AvgIpc) is 3.40. The first kappa shape index (κ1) is 18.1. The predicted molar refractivity (Wildman–Crippen MR) is 102 cm³/mol. The van der Waals surface area contributed by atoms with Gasteiger partial charge in [-0.25, -0.2) is 4.79 Å². The van der Waals surface area contributed by atoms with Gasteiger partial charge >= 0.3 is 6.09 Å². The maximum absolute atomic E-state index is 11.3. The normalized spacial score (nSPS) is 18.8. The summed E-state index contributed by atoms with van der Waals surface area (Å²) in [5, 5.41) is 11.1. The summed E-state index contributed by atoms with van der Waals surface area (Å²) >= 11 is 0. The number of aromatic nitrogens is 2. The van der Waals surface area contributed by atoms with Crippen molar-refractivity contribution in [2.75, 3.05) is 31.6 Å². The monoisotopic (exact) mass is 382 g/mol. The molecule has 0 saturated carbocycles. The van der Waals surface area contributed by atoms with Gasteiger partial charge in [0.25, 0.3) is 0 Å². The van der Waals surface area contributed by atoms with Gasteiger partial charge in [-0.1, -0.05) is 0 Å². The topological polar surface area (TPSA) is 105 Å². The Morgan fingerprint density at radius 3 is 2.96 bits per heavy atom. The van der Waals surface area contributed by atoms with Crippen LogP contribution in [-0.2, 0) is 4.74 Å². The molecule has 1 fully saturated rings. The van der Waals surface area contributed by atoms with E-state index >= 15 is 0 Å². The molecule has 1 amide bonds. The Bertz CT molecular complexity index is 886. The number of nitrogens with one attached hydrogen (secondary N) is 1. The van der Waals surface area contributed by atoms with Crippen LogP contribution in [-0.4, -0.2) is 42.8 Å². The number of anilines is 1. The van der Waals surface area contributed by atoms with Gasteiger partial charge in [-0.3, -0.25) is 4.98 Å². The third kappa shape index (κ3) is 3.88. The first-order valence-corrected chi connectivity index (χ1v) is 9.34. The number of hydrogen-bond acceptors (Lipinski definition) is 8. The van der Waals surface area contributed by atoms with E-state index in [1.165, 1.54) is 13.5 Å². The second-order valence-corrected chi connectivity index (χ2v) is 6.66. The molecule has 0 radical (unpaired) electrons. The van der Waals surface area contributed by atoms with Gasteiger partial charge in [0.15, 0.2) is 17.6 Å².